The molecule has 0 aliphatic carbocycles. The largest absolute Gasteiger partial charge is 0.396 e. The molecule has 23 heavy (non-hydrogen) atoms. The van der Waals surface area contributed by atoms with Crippen LogP contribution in [0.15, 0.2) is 30.5 Å². The fourth-order valence-corrected chi connectivity index (χ4v) is 3.55. The summed E-state index contributed by atoms with van der Waals surface area (Å²) in [7, 11) is 0. The number of benzene rings is 1. The van der Waals surface area contributed by atoms with Crippen LogP contribution in [0.4, 0.5) is 0 Å². The number of aliphatic hydroxyl groups is 1. The van der Waals surface area contributed by atoms with Crippen LogP contribution in [0, 0.1) is 11.3 Å². The second-order valence-electron chi connectivity index (χ2n) is 6.65. The zero-order chi connectivity index (χ0) is 16.6. The zero-order valence-electron chi connectivity index (χ0n) is 13.4. The third kappa shape index (κ3) is 2.70. The van der Waals surface area contributed by atoms with Gasteiger partial charge in [0.15, 0.2) is 0 Å². The highest BCUT2D eigenvalue weighted by Crippen LogP contribution is 2.38. The van der Waals surface area contributed by atoms with E-state index in [0.29, 0.717) is 35.1 Å². The van der Waals surface area contributed by atoms with E-state index in [1.54, 1.807) is 18.3 Å². The van der Waals surface area contributed by atoms with E-state index in [4.69, 9.17) is 11.6 Å². The number of halogens is 1. The number of amides is 1. The van der Waals surface area contributed by atoms with E-state index in [-0.39, 0.29) is 17.9 Å². The van der Waals surface area contributed by atoms with Crippen LogP contribution < -0.4 is 0 Å². The predicted octanol–water partition coefficient (Wildman–Crippen LogP) is 3.37. The van der Waals surface area contributed by atoms with Crippen LogP contribution in [0.5, 0.6) is 0 Å². The van der Waals surface area contributed by atoms with E-state index in [9.17, 15) is 9.90 Å². The number of hydrogen-bond acceptors (Lipinski definition) is 3. The van der Waals surface area contributed by atoms with Crippen molar-refractivity contribution in [2.45, 2.75) is 20.3 Å². The molecule has 1 N–H and O–H groups in total. The standard InChI is InChI=1S/C18H21ClN2O2/c1-12(2)18(11-22)7-9-21(10-18)17(23)14-5-6-15(19)13-4-3-8-20-16(13)14/h3-6,8,12,22H,7,9-11H2,1-2H3. The van der Waals surface area contributed by atoms with Crippen molar-refractivity contribution >= 4 is 28.4 Å². The maximum absolute atomic E-state index is 13.0. The van der Waals surface area contributed by atoms with Crippen LogP contribution in [0.1, 0.15) is 30.6 Å². The normalized spacial score (nSPS) is 21.3. The number of aliphatic hydroxyl groups excluding tert-OH is 1. The van der Waals surface area contributed by atoms with Crippen molar-refractivity contribution in [2.24, 2.45) is 11.3 Å². The summed E-state index contributed by atoms with van der Waals surface area (Å²) < 4.78 is 0. The Morgan fingerprint density at radius 2 is 2.22 bits per heavy atom. The molecule has 1 unspecified atom stereocenters. The van der Waals surface area contributed by atoms with Crippen LogP contribution in [0.25, 0.3) is 10.9 Å². The first-order valence-corrected chi connectivity index (χ1v) is 8.30. The lowest BCUT2D eigenvalue weighted by Gasteiger charge is -2.31. The van der Waals surface area contributed by atoms with Gasteiger partial charge in [0.2, 0.25) is 0 Å². The molecule has 1 saturated heterocycles. The first-order valence-electron chi connectivity index (χ1n) is 7.92. The molecule has 2 aromatic rings. The van der Waals surface area contributed by atoms with Gasteiger partial charge in [0.25, 0.3) is 5.91 Å². The molecule has 122 valence electrons. The average molecular weight is 333 g/mol. The van der Waals surface area contributed by atoms with Crippen molar-refractivity contribution in [2.75, 3.05) is 19.7 Å². The molecule has 0 saturated carbocycles. The summed E-state index contributed by atoms with van der Waals surface area (Å²) >= 11 is 6.20. The second kappa shape index (κ2) is 6.10. The maximum atomic E-state index is 13.0. The van der Waals surface area contributed by atoms with Gasteiger partial charge in [-0.1, -0.05) is 25.4 Å². The topological polar surface area (TPSA) is 53.4 Å². The van der Waals surface area contributed by atoms with Crippen LogP contribution in [0.2, 0.25) is 5.02 Å². The van der Waals surface area contributed by atoms with Gasteiger partial charge in [-0.05, 0) is 36.6 Å². The Morgan fingerprint density at radius 1 is 1.43 bits per heavy atom. The van der Waals surface area contributed by atoms with Gasteiger partial charge in [-0.3, -0.25) is 9.78 Å². The summed E-state index contributed by atoms with van der Waals surface area (Å²) in [5.74, 6) is 0.284. The SMILES string of the molecule is CC(C)C1(CO)CCN(C(=O)c2ccc(Cl)c3cccnc23)C1. The Labute approximate surface area is 141 Å². The molecule has 0 radical (unpaired) electrons. The van der Waals surface area contributed by atoms with Crippen molar-refractivity contribution < 1.29 is 9.90 Å². The number of carbonyl (C=O) groups is 1. The van der Waals surface area contributed by atoms with Crippen LogP contribution in [0.3, 0.4) is 0 Å². The van der Waals surface area contributed by atoms with Crippen molar-refractivity contribution in [3.63, 3.8) is 0 Å². The van der Waals surface area contributed by atoms with E-state index in [0.717, 1.165) is 11.8 Å². The van der Waals surface area contributed by atoms with E-state index >= 15 is 0 Å². The van der Waals surface area contributed by atoms with Gasteiger partial charge in [-0.2, -0.15) is 0 Å². The minimum absolute atomic E-state index is 0.0404. The Bertz CT molecular complexity index is 747. The lowest BCUT2D eigenvalue weighted by molar-refractivity contribution is 0.0652. The summed E-state index contributed by atoms with van der Waals surface area (Å²) in [6.07, 6.45) is 2.50. The Morgan fingerprint density at radius 3 is 2.87 bits per heavy atom. The molecule has 1 fully saturated rings. The van der Waals surface area contributed by atoms with Gasteiger partial charge >= 0.3 is 0 Å². The molecule has 1 aromatic heterocycles. The van der Waals surface area contributed by atoms with E-state index in [1.165, 1.54) is 0 Å². The molecule has 2 heterocycles. The second-order valence-corrected chi connectivity index (χ2v) is 7.05. The molecule has 5 heteroatoms. The number of nitrogens with zero attached hydrogens (tertiary/aromatic N) is 2. The van der Waals surface area contributed by atoms with E-state index in [1.807, 2.05) is 17.0 Å². The summed E-state index contributed by atoms with van der Waals surface area (Å²) in [5, 5.41) is 11.2. The van der Waals surface area contributed by atoms with Crippen molar-refractivity contribution in [3.8, 4) is 0 Å². The fraction of sp³-hybridized carbons (Fsp3) is 0.444. The summed E-state index contributed by atoms with van der Waals surface area (Å²) in [6.45, 7) is 5.55. The molecular formula is C18H21ClN2O2. The number of aromatic nitrogens is 1. The number of pyridine rings is 1. The molecule has 1 aromatic carbocycles. The monoisotopic (exact) mass is 332 g/mol. The predicted molar refractivity (Wildman–Crippen MR) is 91.6 cm³/mol. The van der Waals surface area contributed by atoms with Crippen molar-refractivity contribution in [3.05, 3.63) is 41.0 Å². The lowest BCUT2D eigenvalue weighted by atomic mass is 9.77. The Kier molecular flexibility index (Phi) is 4.30. The summed E-state index contributed by atoms with van der Waals surface area (Å²) in [5.41, 5.74) is 1.00. The van der Waals surface area contributed by atoms with Gasteiger partial charge in [0.05, 0.1) is 22.7 Å². The minimum Gasteiger partial charge on any atom is -0.396 e. The van der Waals surface area contributed by atoms with Gasteiger partial charge in [-0.25, -0.2) is 0 Å². The smallest absolute Gasteiger partial charge is 0.256 e. The highest BCUT2D eigenvalue weighted by Gasteiger charge is 2.42. The lowest BCUT2D eigenvalue weighted by Crippen LogP contribution is -2.37. The van der Waals surface area contributed by atoms with Gasteiger partial charge in [-0.15, -0.1) is 0 Å². The molecule has 0 spiro atoms. The highest BCUT2D eigenvalue weighted by atomic mass is 35.5. The molecule has 1 aliphatic rings. The highest BCUT2D eigenvalue weighted by molar-refractivity contribution is 6.36. The van der Waals surface area contributed by atoms with Gasteiger partial charge in [0.1, 0.15) is 0 Å². The minimum atomic E-state index is -0.203. The van der Waals surface area contributed by atoms with Crippen LogP contribution in [-0.4, -0.2) is 40.6 Å². The summed E-state index contributed by atoms with van der Waals surface area (Å²) in [4.78, 5) is 19.1. The average Bonchev–Trinajstić information content (AvgIpc) is 3.01. The van der Waals surface area contributed by atoms with E-state index < -0.39 is 0 Å². The molecular weight excluding hydrogens is 312 g/mol. The van der Waals surface area contributed by atoms with Gasteiger partial charge < -0.3 is 10.0 Å². The first-order chi connectivity index (χ1) is 11.0. The van der Waals surface area contributed by atoms with Crippen molar-refractivity contribution in [1.29, 1.82) is 0 Å². The van der Waals surface area contributed by atoms with E-state index in [2.05, 4.69) is 18.8 Å². The maximum Gasteiger partial charge on any atom is 0.256 e. The van der Waals surface area contributed by atoms with Gasteiger partial charge in [0, 0.05) is 30.1 Å². The third-order valence-corrected chi connectivity index (χ3v) is 5.49. The summed E-state index contributed by atoms with van der Waals surface area (Å²) in [6, 6.07) is 7.18. The molecule has 3 rings (SSSR count). The van der Waals surface area contributed by atoms with Crippen LogP contribution >= 0.6 is 11.6 Å². The molecule has 1 amide bonds. The molecule has 4 nitrogen and oxygen atoms in total. The zero-order valence-corrected chi connectivity index (χ0v) is 14.2. The number of likely N-dealkylation sites (tertiary alicyclic amines) is 1. The Balaban J connectivity index is 1.95. The fourth-order valence-electron chi connectivity index (χ4n) is 3.33. The third-order valence-electron chi connectivity index (χ3n) is 5.16. The number of carbonyl (C=O) groups excluding carboxylic acids is 1. The quantitative estimate of drug-likeness (QED) is 0.937. The number of hydrogen-bond donors (Lipinski definition) is 1. The molecule has 1 atom stereocenters. The molecule has 0 bridgehead atoms. The number of rotatable bonds is 3. The first kappa shape index (κ1) is 16.2. The van der Waals surface area contributed by atoms with Crippen molar-refractivity contribution in [1.82, 2.24) is 9.88 Å². The molecule has 1 aliphatic heterocycles. The van der Waals surface area contributed by atoms with Crippen LogP contribution in [-0.2, 0) is 0 Å². The number of fused-ring (bicyclic) bond motifs is 1. The Hall–Kier alpha value is -1.65.